The zero-order chi connectivity index (χ0) is 23.8. The summed E-state index contributed by atoms with van der Waals surface area (Å²) in [6.07, 6.45) is 2.80. The molecule has 1 amide bonds. The average Bonchev–Trinajstić information content (AvgIpc) is 3.33. The summed E-state index contributed by atoms with van der Waals surface area (Å²) in [6, 6.07) is 11.7. The Morgan fingerprint density at radius 1 is 1.12 bits per heavy atom. The van der Waals surface area contributed by atoms with Gasteiger partial charge in [0.05, 0.1) is 18.8 Å². The maximum atomic E-state index is 13.9. The van der Waals surface area contributed by atoms with E-state index in [9.17, 15) is 9.18 Å². The van der Waals surface area contributed by atoms with E-state index in [1.807, 2.05) is 19.1 Å². The summed E-state index contributed by atoms with van der Waals surface area (Å²) in [7, 11) is 0. The SMILES string of the molecule is CCc1cc(NC(=O)c2ccccc2F)ccc1-c1nnc(NCCCCN2CCOCC2)o1. The second-order valence-electron chi connectivity index (χ2n) is 8.16. The summed E-state index contributed by atoms with van der Waals surface area (Å²) in [4.78, 5) is 14.8. The molecular formula is C25H30FN5O3. The van der Waals surface area contributed by atoms with Gasteiger partial charge < -0.3 is 19.8 Å². The van der Waals surface area contributed by atoms with Gasteiger partial charge in [0.15, 0.2) is 0 Å². The van der Waals surface area contributed by atoms with Gasteiger partial charge in [-0.2, -0.15) is 0 Å². The van der Waals surface area contributed by atoms with Crippen LogP contribution in [0, 0.1) is 5.82 Å². The van der Waals surface area contributed by atoms with E-state index in [0.29, 0.717) is 24.0 Å². The topological polar surface area (TPSA) is 92.5 Å². The molecule has 8 nitrogen and oxygen atoms in total. The second-order valence-corrected chi connectivity index (χ2v) is 8.16. The number of hydrogen-bond donors (Lipinski definition) is 2. The predicted molar refractivity (Wildman–Crippen MR) is 128 cm³/mol. The molecule has 0 spiro atoms. The fraction of sp³-hybridized carbons (Fsp3) is 0.400. The van der Waals surface area contributed by atoms with Crippen LogP contribution in [0.15, 0.2) is 46.9 Å². The molecular weight excluding hydrogens is 437 g/mol. The van der Waals surface area contributed by atoms with Gasteiger partial charge in [-0.1, -0.05) is 24.2 Å². The number of hydrogen-bond acceptors (Lipinski definition) is 7. The molecule has 180 valence electrons. The Bertz CT molecular complexity index is 1100. The van der Waals surface area contributed by atoms with Gasteiger partial charge in [0.25, 0.3) is 5.91 Å². The highest BCUT2D eigenvalue weighted by molar-refractivity contribution is 6.04. The van der Waals surface area contributed by atoms with E-state index in [4.69, 9.17) is 9.15 Å². The number of aromatic nitrogens is 2. The molecule has 1 saturated heterocycles. The number of benzene rings is 2. The van der Waals surface area contributed by atoms with Crippen molar-refractivity contribution < 1.29 is 18.3 Å². The zero-order valence-electron chi connectivity index (χ0n) is 19.3. The van der Waals surface area contributed by atoms with Crippen molar-refractivity contribution in [3.63, 3.8) is 0 Å². The molecule has 2 heterocycles. The Kier molecular flexibility index (Phi) is 8.21. The number of carbonyl (C=O) groups is 1. The number of aryl methyl sites for hydroxylation is 1. The molecule has 1 aliphatic heterocycles. The minimum atomic E-state index is -0.556. The van der Waals surface area contributed by atoms with E-state index in [1.54, 1.807) is 18.2 Å². The number of morpholine rings is 1. The van der Waals surface area contributed by atoms with Crippen molar-refractivity contribution in [1.82, 2.24) is 15.1 Å². The van der Waals surface area contributed by atoms with Gasteiger partial charge in [-0.15, -0.1) is 5.10 Å². The molecule has 2 N–H and O–H groups in total. The van der Waals surface area contributed by atoms with Crippen LogP contribution in [0.4, 0.5) is 16.1 Å². The van der Waals surface area contributed by atoms with Crippen molar-refractivity contribution in [3.8, 4) is 11.5 Å². The zero-order valence-corrected chi connectivity index (χ0v) is 19.3. The molecule has 0 radical (unpaired) electrons. The molecule has 4 rings (SSSR count). The van der Waals surface area contributed by atoms with Crippen LogP contribution in [0.5, 0.6) is 0 Å². The molecule has 0 bridgehead atoms. The molecule has 9 heteroatoms. The van der Waals surface area contributed by atoms with Crippen LogP contribution in [0.25, 0.3) is 11.5 Å². The molecule has 1 aliphatic rings. The molecule has 1 fully saturated rings. The third kappa shape index (κ3) is 6.18. The predicted octanol–water partition coefficient (Wildman–Crippen LogP) is 4.21. The lowest BCUT2D eigenvalue weighted by Gasteiger charge is -2.26. The van der Waals surface area contributed by atoms with Crippen molar-refractivity contribution in [3.05, 3.63) is 59.4 Å². The minimum Gasteiger partial charge on any atom is -0.403 e. The number of rotatable bonds is 10. The van der Waals surface area contributed by atoms with Crippen molar-refractivity contribution >= 4 is 17.6 Å². The van der Waals surface area contributed by atoms with E-state index in [1.165, 1.54) is 12.1 Å². The summed E-state index contributed by atoms with van der Waals surface area (Å²) in [5, 5.41) is 14.2. The highest BCUT2D eigenvalue weighted by Crippen LogP contribution is 2.27. The number of carbonyl (C=O) groups excluding carboxylic acids is 1. The Balaban J connectivity index is 1.32. The second kappa shape index (κ2) is 11.7. The number of nitrogens with zero attached hydrogens (tertiary/aromatic N) is 3. The number of unbranched alkanes of at least 4 members (excludes halogenated alkanes) is 1. The van der Waals surface area contributed by atoms with Gasteiger partial charge in [0, 0.05) is 30.9 Å². The van der Waals surface area contributed by atoms with Crippen LogP contribution in [-0.4, -0.2) is 60.4 Å². The summed E-state index contributed by atoms with van der Waals surface area (Å²) in [5.74, 6) is -0.634. The summed E-state index contributed by atoms with van der Waals surface area (Å²) < 4.78 is 25.1. The summed E-state index contributed by atoms with van der Waals surface area (Å²) in [5.41, 5.74) is 2.32. The van der Waals surface area contributed by atoms with Gasteiger partial charge >= 0.3 is 6.01 Å². The summed E-state index contributed by atoms with van der Waals surface area (Å²) in [6.45, 7) is 7.49. The lowest BCUT2D eigenvalue weighted by atomic mass is 10.0. The first kappa shape index (κ1) is 23.8. The Hall–Kier alpha value is -3.30. The molecule has 0 aliphatic carbocycles. The van der Waals surface area contributed by atoms with Crippen LogP contribution in [0.3, 0.4) is 0 Å². The Morgan fingerprint density at radius 2 is 1.94 bits per heavy atom. The van der Waals surface area contributed by atoms with Gasteiger partial charge in [-0.25, -0.2) is 4.39 Å². The van der Waals surface area contributed by atoms with Crippen molar-refractivity contribution in [2.45, 2.75) is 26.2 Å². The number of halogens is 1. The maximum absolute atomic E-state index is 13.9. The summed E-state index contributed by atoms with van der Waals surface area (Å²) >= 11 is 0. The quantitative estimate of drug-likeness (QED) is 0.432. The maximum Gasteiger partial charge on any atom is 0.315 e. The van der Waals surface area contributed by atoms with Crippen molar-refractivity contribution in [1.29, 1.82) is 0 Å². The number of amides is 1. The molecule has 0 saturated carbocycles. The average molecular weight is 468 g/mol. The molecule has 0 atom stereocenters. The number of nitrogens with one attached hydrogen (secondary N) is 2. The minimum absolute atomic E-state index is 0.00203. The fourth-order valence-corrected chi connectivity index (χ4v) is 3.90. The smallest absolute Gasteiger partial charge is 0.315 e. The molecule has 0 unspecified atom stereocenters. The Morgan fingerprint density at radius 3 is 2.74 bits per heavy atom. The van der Waals surface area contributed by atoms with E-state index in [2.05, 4.69) is 25.7 Å². The largest absolute Gasteiger partial charge is 0.403 e. The number of ether oxygens (including phenoxy) is 1. The first-order chi connectivity index (χ1) is 16.6. The fourth-order valence-electron chi connectivity index (χ4n) is 3.90. The van der Waals surface area contributed by atoms with Gasteiger partial charge in [-0.05, 0) is 61.7 Å². The van der Waals surface area contributed by atoms with E-state index >= 15 is 0 Å². The normalized spacial score (nSPS) is 14.2. The third-order valence-corrected chi connectivity index (χ3v) is 5.80. The first-order valence-electron chi connectivity index (χ1n) is 11.7. The van der Waals surface area contributed by atoms with E-state index < -0.39 is 11.7 Å². The molecule has 34 heavy (non-hydrogen) atoms. The van der Waals surface area contributed by atoms with Crippen molar-refractivity contribution in [2.24, 2.45) is 0 Å². The molecule has 1 aromatic heterocycles. The van der Waals surface area contributed by atoms with Gasteiger partial charge in [0.2, 0.25) is 5.89 Å². The van der Waals surface area contributed by atoms with Crippen molar-refractivity contribution in [2.75, 3.05) is 50.0 Å². The molecule has 3 aromatic rings. The monoisotopic (exact) mass is 467 g/mol. The van der Waals surface area contributed by atoms with E-state index in [-0.39, 0.29) is 5.56 Å². The van der Waals surface area contributed by atoms with Gasteiger partial charge in [-0.3, -0.25) is 9.69 Å². The van der Waals surface area contributed by atoms with Gasteiger partial charge in [0.1, 0.15) is 5.82 Å². The van der Waals surface area contributed by atoms with Crippen LogP contribution < -0.4 is 10.6 Å². The molecule has 2 aromatic carbocycles. The lowest BCUT2D eigenvalue weighted by Crippen LogP contribution is -2.36. The van der Waals surface area contributed by atoms with E-state index in [0.717, 1.165) is 63.4 Å². The Labute approximate surface area is 198 Å². The van der Waals surface area contributed by atoms with Crippen LogP contribution >= 0.6 is 0 Å². The standard InChI is InChI=1S/C25H30FN5O3/c1-2-18-17-19(28-23(32)21-7-3-4-8-22(21)26)9-10-20(18)24-29-30-25(34-24)27-11-5-6-12-31-13-15-33-16-14-31/h3-4,7-10,17H,2,5-6,11-16H2,1H3,(H,27,30)(H,28,32). The first-order valence-corrected chi connectivity index (χ1v) is 11.7. The number of anilines is 2. The van der Waals surface area contributed by atoms with Crippen LogP contribution in [-0.2, 0) is 11.2 Å². The van der Waals surface area contributed by atoms with Crippen LogP contribution in [0.1, 0.15) is 35.7 Å². The van der Waals surface area contributed by atoms with Crippen LogP contribution in [0.2, 0.25) is 0 Å². The lowest BCUT2D eigenvalue weighted by molar-refractivity contribution is 0.0373. The highest BCUT2D eigenvalue weighted by Gasteiger charge is 2.15. The highest BCUT2D eigenvalue weighted by atomic mass is 19.1. The third-order valence-electron chi connectivity index (χ3n) is 5.80.